The van der Waals surface area contributed by atoms with Gasteiger partial charge in [0.2, 0.25) is 0 Å². The molecule has 1 aromatic carbocycles. The molecular formula is C13H19N3O3S. The van der Waals surface area contributed by atoms with Crippen LogP contribution in [0.15, 0.2) is 30.3 Å². The lowest BCUT2D eigenvalue weighted by atomic mass is 9.97. The average Bonchev–Trinajstić information content (AvgIpc) is 2.38. The summed E-state index contributed by atoms with van der Waals surface area (Å²) in [7, 11) is -3.52. The van der Waals surface area contributed by atoms with E-state index in [4.69, 9.17) is 4.74 Å². The average molecular weight is 297 g/mol. The maximum atomic E-state index is 12.6. The third kappa shape index (κ3) is 2.80. The van der Waals surface area contributed by atoms with Crippen molar-refractivity contribution < 1.29 is 13.2 Å². The molecule has 2 aliphatic rings. The molecule has 110 valence electrons. The van der Waals surface area contributed by atoms with Crippen molar-refractivity contribution in [1.82, 2.24) is 9.62 Å². The van der Waals surface area contributed by atoms with Crippen LogP contribution in [-0.4, -0.2) is 51.6 Å². The van der Waals surface area contributed by atoms with Crippen molar-refractivity contribution in [2.75, 3.05) is 37.6 Å². The largest absolute Gasteiger partial charge is 0.381 e. The van der Waals surface area contributed by atoms with Crippen LogP contribution in [0.3, 0.4) is 0 Å². The van der Waals surface area contributed by atoms with Crippen molar-refractivity contribution in [3.05, 3.63) is 30.3 Å². The van der Waals surface area contributed by atoms with Crippen LogP contribution in [0.5, 0.6) is 0 Å². The van der Waals surface area contributed by atoms with Crippen LogP contribution in [0.1, 0.15) is 0 Å². The number of hydrogen-bond acceptors (Lipinski definition) is 4. The van der Waals surface area contributed by atoms with Gasteiger partial charge in [0.25, 0.3) is 0 Å². The molecule has 1 aromatic rings. The van der Waals surface area contributed by atoms with E-state index in [2.05, 4.69) is 10.0 Å². The molecule has 2 heterocycles. The Balaban J connectivity index is 1.77. The first-order valence-electron chi connectivity index (χ1n) is 6.80. The molecule has 3 rings (SSSR count). The number of hydrogen-bond donors (Lipinski definition) is 2. The molecule has 0 saturated carbocycles. The third-order valence-corrected chi connectivity index (χ3v) is 5.33. The van der Waals surface area contributed by atoms with Crippen molar-refractivity contribution in [2.45, 2.75) is 6.04 Å². The minimum atomic E-state index is -3.52. The summed E-state index contributed by atoms with van der Waals surface area (Å²) < 4.78 is 34.5. The van der Waals surface area contributed by atoms with Crippen molar-refractivity contribution in [3.8, 4) is 0 Å². The second-order valence-corrected chi connectivity index (χ2v) is 6.78. The van der Waals surface area contributed by atoms with Crippen LogP contribution in [-0.2, 0) is 14.9 Å². The van der Waals surface area contributed by atoms with E-state index in [9.17, 15) is 8.42 Å². The van der Waals surface area contributed by atoms with E-state index in [0.29, 0.717) is 38.5 Å². The summed E-state index contributed by atoms with van der Waals surface area (Å²) in [5.41, 5.74) is 0.592. The van der Waals surface area contributed by atoms with Crippen LogP contribution >= 0.6 is 0 Å². The number of benzene rings is 1. The van der Waals surface area contributed by atoms with Crippen LogP contribution in [0.4, 0.5) is 5.69 Å². The Morgan fingerprint density at radius 3 is 2.65 bits per heavy atom. The molecule has 0 bridgehead atoms. The molecule has 20 heavy (non-hydrogen) atoms. The molecule has 0 amide bonds. The smallest absolute Gasteiger partial charge is 0.301 e. The lowest BCUT2D eigenvalue weighted by Crippen LogP contribution is -2.60. The van der Waals surface area contributed by atoms with E-state index in [1.807, 2.05) is 18.2 Å². The van der Waals surface area contributed by atoms with Crippen LogP contribution in [0.2, 0.25) is 0 Å². The Morgan fingerprint density at radius 2 is 2.00 bits per heavy atom. The Kier molecular flexibility index (Phi) is 3.93. The van der Waals surface area contributed by atoms with Gasteiger partial charge in [-0.05, 0) is 12.1 Å². The number of para-hydroxylation sites is 1. The number of anilines is 1. The summed E-state index contributed by atoms with van der Waals surface area (Å²) in [5.74, 6) is 0.287. The van der Waals surface area contributed by atoms with Gasteiger partial charge in [0.15, 0.2) is 0 Å². The highest BCUT2D eigenvalue weighted by Gasteiger charge is 2.40. The molecule has 7 heteroatoms. The van der Waals surface area contributed by atoms with Gasteiger partial charge in [-0.1, -0.05) is 18.2 Å². The Bertz CT molecular complexity index is 545. The quantitative estimate of drug-likeness (QED) is 0.836. The molecule has 0 aliphatic carbocycles. The minimum Gasteiger partial charge on any atom is -0.381 e. The maximum Gasteiger partial charge on any atom is 0.301 e. The minimum absolute atomic E-state index is 0.0290. The number of nitrogens with zero attached hydrogens (tertiary/aromatic N) is 1. The van der Waals surface area contributed by atoms with Crippen molar-refractivity contribution in [1.29, 1.82) is 0 Å². The fourth-order valence-electron chi connectivity index (χ4n) is 2.60. The second kappa shape index (κ2) is 5.69. The van der Waals surface area contributed by atoms with E-state index in [1.54, 1.807) is 16.4 Å². The predicted octanol–water partition coefficient (Wildman–Crippen LogP) is 0.263. The monoisotopic (exact) mass is 297 g/mol. The van der Waals surface area contributed by atoms with Gasteiger partial charge in [-0.2, -0.15) is 12.7 Å². The van der Waals surface area contributed by atoms with E-state index in [0.717, 1.165) is 0 Å². The number of rotatable bonds is 4. The molecule has 2 aliphatic heterocycles. The lowest BCUT2D eigenvalue weighted by molar-refractivity contribution is -0.0646. The summed E-state index contributed by atoms with van der Waals surface area (Å²) >= 11 is 0. The van der Waals surface area contributed by atoms with E-state index in [1.165, 1.54) is 0 Å². The normalized spacial score (nSPS) is 25.1. The number of ether oxygens (including phenoxy) is 1. The zero-order valence-electron chi connectivity index (χ0n) is 11.2. The predicted molar refractivity (Wildman–Crippen MR) is 76.7 cm³/mol. The van der Waals surface area contributed by atoms with Gasteiger partial charge in [-0.25, -0.2) is 0 Å². The van der Waals surface area contributed by atoms with Gasteiger partial charge in [0.05, 0.1) is 13.2 Å². The second-order valence-electron chi connectivity index (χ2n) is 5.15. The molecule has 1 atom stereocenters. The van der Waals surface area contributed by atoms with Gasteiger partial charge in [0.1, 0.15) is 0 Å². The van der Waals surface area contributed by atoms with Gasteiger partial charge >= 0.3 is 10.2 Å². The molecule has 0 radical (unpaired) electrons. The highest BCUT2D eigenvalue weighted by molar-refractivity contribution is 7.90. The van der Waals surface area contributed by atoms with Crippen molar-refractivity contribution in [2.24, 2.45) is 5.92 Å². The highest BCUT2D eigenvalue weighted by atomic mass is 32.2. The molecule has 2 fully saturated rings. The topological polar surface area (TPSA) is 70.7 Å². The maximum absolute atomic E-state index is 12.6. The van der Waals surface area contributed by atoms with Crippen molar-refractivity contribution >= 4 is 15.9 Å². The Morgan fingerprint density at radius 1 is 1.25 bits per heavy atom. The standard InChI is InChI=1S/C13H19N3O3S/c17-20(18,15-12-4-2-1-3-5-12)16-7-6-14-8-13(16)11-9-19-10-11/h1-5,11,13-15H,6-10H2. The number of nitrogens with one attached hydrogen (secondary N) is 2. The molecule has 2 saturated heterocycles. The number of piperazine rings is 1. The summed E-state index contributed by atoms with van der Waals surface area (Å²) in [4.78, 5) is 0. The van der Waals surface area contributed by atoms with Crippen molar-refractivity contribution in [3.63, 3.8) is 0 Å². The van der Waals surface area contributed by atoms with Crippen LogP contribution < -0.4 is 10.0 Å². The van der Waals surface area contributed by atoms with E-state index < -0.39 is 10.2 Å². The summed E-state index contributed by atoms with van der Waals surface area (Å²) in [6, 6.07) is 8.96. The van der Waals surface area contributed by atoms with Crippen LogP contribution in [0.25, 0.3) is 0 Å². The first-order valence-corrected chi connectivity index (χ1v) is 8.24. The Hall–Kier alpha value is -1.15. The first kappa shape index (κ1) is 13.8. The van der Waals surface area contributed by atoms with Crippen LogP contribution in [0, 0.1) is 5.92 Å². The molecule has 2 N–H and O–H groups in total. The lowest BCUT2D eigenvalue weighted by Gasteiger charge is -2.42. The van der Waals surface area contributed by atoms with Gasteiger partial charge in [-0.15, -0.1) is 0 Å². The van der Waals surface area contributed by atoms with E-state index in [-0.39, 0.29) is 12.0 Å². The highest BCUT2D eigenvalue weighted by Crippen LogP contribution is 2.24. The molecule has 0 spiro atoms. The first-order chi connectivity index (χ1) is 9.67. The molecule has 1 unspecified atom stereocenters. The van der Waals surface area contributed by atoms with Gasteiger partial charge in [-0.3, -0.25) is 4.72 Å². The fraction of sp³-hybridized carbons (Fsp3) is 0.538. The van der Waals surface area contributed by atoms with E-state index >= 15 is 0 Å². The zero-order chi connectivity index (χ0) is 14.0. The molecule has 0 aromatic heterocycles. The zero-order valence-corrected chi connectivity index (χ0v) is 12.0. The Labute approximate surface area is 119 Å². The summed E-state index contributed by atoms with van der Waals surface area (Å²) in [5, 5.41) is 3.26. The SMILES string of the molecule is O=S(=O)(Nc1ccccc1)N1CCNCC1C1COC1. The van der Waals surface area contributed by atoms with Gasteiger partial charge in [0, 0.05) is 37.3 Å². The third-order valence-electron chi connectivity index (χ3n) is 3.77. The summed E-state index contributed by atoms with van der Waals surface area (Å²) in [6.45, 7) is 3.14. The molecule has 6 nitrogen and oxygen atoms in total. The summed E-state index contributed by atoms with van der Waals surface area (Å²) in [6.07, 6.45) is 0. The fourth-order valence-corrected chi connectivity index (χ4v) is 4.08. The van der Waals surface area contributed by atoms with Gasteiger partial charge < -0.3 is 10.1 Å². The molecular weight excluding hydrogens is 278 g/mol.